The molecule has 1 heterocycles. The van der Waals surface area contributed by atoms with E-state index in [1.54, 1.807) is 62.4 Å². The summed E-state index contributed by atoms with van der Waals surface area (Å²) >= 11 is 3.49. The lowest BCUT2D eigenvalue weighted by atomic mass is 9.95. The molecule has 0 radical (unpaired) electrons. The van der Waals surface area contributed by atoms with Gasteiger partial charge in [-0.2, -0.15) is 5.10 Å². The normalized spacial score (nSPS) is 15.0. The smallest absolute Gasteiger partial charge is 0.337 e. The van der Waals surface area contributed by atoms with Crippen molar-refractivity contribution in [1.29, 1.82) is 0 Å². The summed E-state index contributed by atoms with van der Waals surface area (Å²) in [6.45, 7) is 5.76. The van der Waals surface area contributed by atoms with Crippen LogP contribution in [0.3, 0.4) is 0 Å². The van der Waals surface area contributed by atoms with Crippen LogP contribution in [0.25, 0.3) is 0 Å². The standard InChI is InChI=1S/C33H36BrFN4O8/c1-5-44-26-15-21(30-29(32(41)43-4)19(3)37-33(42)38-30)11-12-25(26)46-18-28(40)39-36-16-20-13-23(34)31(27(14-20)45-6-2)47-17-22-9-7-8-10-24(22)35/h7-16,28,30,39-40H,5-6,17-18H2,1-4H3,(H2,37,38,42)/b36-16-/t28-,30-/m1/s1. The van der Waals surface area contributed by atoms with Crippen LogP contribution >= 0.6 is 15.9 Å². The predicted octanol–water partition coefficient (Wildman–Crippen LogP) is 5.09. The van der Waals surface area contributed by atoms with Crippen molar-refractivity contribution >= 4 is 34.1 Å². The fraction of sp³-hybridized carbons (Fsp3) is 0.303. The molecule has 0 aliphatic carbocycles. The highest BCUT2D eigenvalue weighted by atomic mass is 79.9. The Hall–Kier alpha value is -4.82. The summed E-state index contributed by atoms with van der Waals surface area (Å²) < 4.78 is 42.7. The number of aliphatic hydroxyl groups is 1. The van der Waals surface area contributed by atoms with Crippen LogP contribution in [0.5, 0.6) is 23.0 Å². The van der Waals surface area contributed by atoms with Crippen molar-refractivity contribution in [2.75, 3.05) is 26.9 Å². The first kappa shape index (κ1) is 35.0. The predicted molar refractivity (Wildman–Crippen MR) is 175 cm³/mol. The van der Waals surface area contributed by atoms with Crippen molar-refractivity contribution in [1.82, 2.24) is 16.1 Å². The lowest BCUT2D eigenvalue weighted by Crippen LogP contribution is -2.45. The molecule has 4 N–H and O–H groups in total. The molecule has 250 valence electrons. The first-order chi connectivity index (χ1) is 22.6. The Kier molecular flexibility index (Phi) is 12.4. The molecule has 0 bridgehead atoms. The molecule has 14 heteroatoms. The molecular formula is C33H36BrFN4O8. The molecule has 0 fully saturated rings. The van der Waals surface area contributed by atoms with Gasteiger partial charge in [0.1, 0.15) is 19.0 Å². The van der Waals surface area contributed by atoms with E-state index in [0.29, 0.717) is 63.1 Å². The first-order valence-corrected chi connectivity index (χ1v) is 15.5. The number of urea groups is 1. The van der Waals surface area contributed by atoms with Crippen molar-refractivity contribution in [2.45, 2.75) is 39.6 Å². The number of aliphatic hydroxyl groups excluding tert-OH is 1. The number of nitrogens with one attached hydrogen (secondary N) is 3. The van der Waals surface area contributed by atoms with Gasteiger partial charge in [-0.05, 0) is 78.2 Å². The summed E-state index contributed by atoms with van der Waals surface area (Å²) in [7, 11) is 1.27. The Morgan fingerprint density at radius 3 is 2.53 bits per heavy atom. The highest BCUT2D eigenvalue weighted by molar-refractivity contribution is 9.10. The first-order valence-electron chi connectivity index (χ1n) is 14.7. The maximum atomic E-state index is 14.1. The Morgan fingerprint density at radius 2 is 1.81 bits per heavy atom. The summed E-state index contributed by atoms with van der Waals surface area (Å²) in [5, 5.41) is 19.9. The van der Waals surface area contributed by atoms with Crippen molar-refractivity contribution in [3.63, 3.8) is 0 Å². The average molecular weight is 716 g/mol. The van der Waals surface area contributed by atoms with E-state index in [1.165, 1.54) is 19.4 Å². The number of methoxy groups -OCH3 is 1. The Labute approximate surface area is 280 Å². The lowest BCUT2D eigenvalue weighted by Gasteiger charge is -2.28. The number of carbonyl (C=O) groups is 2. The highest BCUT2D eigenvalue weighted by Crippen LogP contribution is 2.38. The van der Waals surface area contributed by atoms with Crippen LogP contribution in [0.15, 0.2) is 75.4 Å². The highest BCUT2D eigenvalue weighted by Gasteiger charge is 2.32. The molecule has 47 heavy (non-hydrogen) atoms. The van der Waals surface area contributed by atoms with Crippen LogP contribution in [0.2, 0.25) is 0 Å². The number of benzene rings is 3. The number of nitrogens with zero attached hydrogens (tertiary/aromatic N) is 1. The second-order valence-corrected chi connectivity index (χ2v) is 10.9. The van der Waals surface area contributed by atoms with Gasteiger partial charge in [0, 0.05) is 11.3 Å². The van der Waals surface area contributed by atoms with Gasteiger partial charge in [-0.25, -0.2) is 14.0 Å². The molecule has 1 aliphatic rings. The van der Waals surface area contributed by atoms with Gasteiger partial charge < -0.3 is 39.4 Å². The molecule has 0 unspecified atom stereocenters. The largest absolute Gasteiger partial charge is 0.490 e. The molecule has 0 spiro atoms. The molecule has 2 atom stereocenters. The zero-order valence-electron chi connectivity index (χ0n) is 26.3. The van der Waals surface area contributed by atoms with Gasteiger partial charge in [-0.1, -0.05) is 24.3 Å². The summed E-state index contributed by atoms with van der Waals surface area (Å²) in [4.78, 5) is 24.6. The molecule has 0 saturated heterocycles. The second-order valence-electron chi connectivity index (χ2n) is 10.1. The third-order valence-electron chi connectivity index (χ3n) is 6.77. The van der Waals surface area contributed by atoms with Crippen molar-refractivity contribution in [2.24, 2.45) is 5.10 Å². The van der Waals surface area contributed by atoms with Crippen molar-refractivity contribution in [3.8, 4) is 23.0 Å². The molecule has 12 nitrogen and oxygen atoms in total. The van der Waals surface area contributed by atoms with Gasteiger partial charge in [0.2, 0.25) is 0 Å². The molecule has 3 aromatic rings. The van der Waals surface area contributed by atoms with E-state index in [9.17, 15) is 19.1 Å². The number of hydrazone groups is 1. The van der Waals surface area contributed by atoms with Crippen LogP contribution in [0.1, 0.15) is 43.5 Å². The summed E-state index contributed by atoms with van der Waals surface area (Å²) in [6, 6.07) is 13.5. The second kappa shape index (κ2) is 16.7. The number of rotatable bonds is 15. The SMILES string of the molecule is CCOc1cc([C@H]2NC(=O)NC(C)=C2C(=O)OC)ccc1OC[C@@H](O)N/N=C\c1cc(Br)c(OCc2ccccc2F)c(OCC)c1. The Morgan fingerprint density at radius 1 is 1.06 bits per heavy atom. The van der Waals surface area contributed by atoms with E-state index in [-0.39, 0.29) is 24.6 Å². The fourth-order valence-electron chi connectivity index (χ4n) is 4.65. The molecule has 2 amide bonds. The number of hydrogen-bond acceptors (Lipinski definition) is 10. The van der Waals surface area contributed by atoms with E-state index >= 15 is 0 Å². The number of amides is 2. The van der Waals surface area contributed by atoms with Gasteiger partial charge >= 0.3 is 12.0 Å². The Bertz CT molecular complexity index is 1650. The fourth-order valence-corrected chi connectivity index (χ4v) is 5.23. The van der Waals surface area contributed by atoms with Gasteiger partial charge in [-0.3, -0.25) is 5.43 Å². The molecule has 1 aliphatic heterocycles. The molecule has 0 saturated carbocycles. The summed E-state index contributed by atoms with van der Waals surface area (Å²) in [5.41, 5.74) is 4.85. The molecule has 3 aromatic carbocycles. The van der Waals surface area contributed by atoms with E-state index in [4.69, 9.17) is 23.7 Å². The number of carbonyl (C=O) groups excluding carboxylic acids is 2. The van der Waals surface area contributed by atoms with Crippen LogP contribution in [0.4, 0.5) is 9.18 Å². The maximum Gasteiger partial charge on any atom is 0.337 e. The average Bonchev–Trinajstić information content (AvgIpc) is 3.04. The van der Waals surface area contributed by atoms with Gasteiger partial charge in [-0.15, -0.1) is 0 Å². The van der Waals surface area contributed by atoms with E-state index in [0.717, 1.165) is 0 Å². The third-order valence-corrected chi connectivity index (χ3v) is 7.36. The quantitative estimate of drug-likeness (QED) is 0.0732. The molecule has 4 rings (SSSR count). The van der Waals surface area contributed by atoms with Crippen LogP contribution in [0, 0.1) is 5.82 Å². The van der Waals surface area contributed by atoms with Gasteiger partial charge in [0.25, 0.3) is 0 Å². The zero-order chi connectivity index (χ0) is 33.9. The maximum absolute atomic E-state index is 14.1. The lowest BCUT2D eigenvalue weighted by molar-refractivity contribution is -0.136. The zero-order valence-corrected chi connectivity index (χ0v) is 27.9. The third kappa shape index (κ3) is 9.14. The summed E-state index contributed by atoms with van der Waals surface area (Å²) in [5.74, 6) is 0.583. The minimum absolute atomic E-state index is 0.0140. The number of halogens is 2. The minimum atomic E-state index is -1.20. The topological polar surface area (TPSA) is 149 Å². The number of allylic oxidation sites excluding steroid dienone is 1. The Balaban J connectivity index is 1.40. The van der Waals surface area contributed by atoms with Gasteiger partial charge in [0.05, 0.1) is 42.6 Å². The molecular weight excluding hydrogens is 679 g/mol. The molecule has 0 aromatic heterocycles. The van der Waals surface area contributed by atoms with Crippen LogP contribution in [-0.4, -0.2) is 56.5 Å². The monoisotopic (exact) mass is 714 g/mol. The number of ether oxygens (including phenoxy) is 5. The number of hydrogen-bond donors (Lipinski definition) is 4. The van der Waals surface area contributed by atoms with E-state index in [2.05, 4.69) is 37.1 Å². The van der Waals surface area contributed by atoms with Crippen molar-refractivity contribution in [3.05, 3.63) is 92.8 Å². The van der Waals surface area contributed by atoms with E-state index in [1.807, 2.05) is 6.92 Å². The van der Waals surface area contributed by atoms with Crippen LogP contribution < -0.4 is 35.0 Å². The van der Waals surface area contributed by atoms with Crippen molar-refractivity contribution < 1.29 is 42.8 Å². The number of esters is 1. The van der Waals surface area contributed by atoms with E-state index < -0.39 is 24.3 Å². The minimum Gasteiger partial charge on any atom is -0.490 e. The van der Waals surface area contributed by atoms with Gasteiger partial charge in [0.15, 0.2) is 29.2 Å². The van der Waals surface area contributed by atoms with Crippen LogP contribution in [-0.2, 0) is 16.1 Å². The summed E-state index contributed by atoms with van der Waals surface area (Å²) in [6.07, 6.45) is 0.290.